The lowest BCUT2D eigenvalue weighted by Crippen LogP contribution is -2.32. The maximum atomic E-state index is 3.28. The second kappa shape index (κ2) is 3.63. The highest BCUT2D eigenvalue weighted by Crippen LogP contribution is 2.39. The molecule has 0 radical (unpaired) electrons. The summed E-state index contributed by atoms with van der Waals surface area (Å²) in [6.07, 6.45) is 4.15. The molecule has 1 atom stereocenters. The molecule has 0 aromatic heterocycles. The molecule has 1 aliphatic heterocycles. The Labute approximate surface area is 68.0 Å². The summed E-state index contributed by atoms with van der Waals surface area (Å²) in [5, 5.41) is 3.28. The topological polar surface area (TPSA) is 12.0 Å². The van der Waals surface area contributed by atoms with Crippen LogP contribution in [-0.2, 0) is 0 Å². The van der Waals surface area contributed by atoms with Gasteiger partial charge in [0.25, 0.3) is 0 Å². The molecule has 0 aromatic carbocycles. The SMILES string of the molecule is CCC1(CNC)CCCS1. The lowest BCUT2D eigenvalue weighted by Gasteiger charge is -2.25. The Balaban J connectivity index is 2.41. The van der Waals surface area contributed by atoms with Crippen molar-refractivity contribution in [3.05, 3.63) is 0 Å². The Morgan fingerprint density at radius 3 is 2.80 bits per heavy atom. The quantitative estimate of drug-likeness (QED) is 0.675. The van der Waals surface area contributed by atoms with Crippen molar-refractivity contribution in [2.24, 2.45) is 0 Å². The Kier molecular flexibility index (Phi) is 3.05. The molecule has 1 N–H and O–H groups in total. The van der Waals surface area contributed by atoms with Crippen LogP contribution in [0.5, 0.6) is 0 Å². The minimum absolute atomic E-state index is 0.592. The molecule has 1 rings (SSSR count). The van der Waals surface area contributed by atoms with Crippen LogP contribution in [0.1, 0.15) is 26.2 Å². The van der Waals surface area contributed by atoms with Gasteiger partial charge in [0.15, 0.2) is 0 Å². The zero-order valence-corrected chi connectivity index (χ0v) is 7.76. The molecule has 1 saturated heterocycles. The van der Waals surface area contributed by atoms with E-state index in [4.69, 9.17) is 0 Å². The molecule has 1 unspecified atom stereocenters. The van der Waals surface area contributed by atoms with Crippen molar-refractivity contribution < 1.29 is 0 Å². The molecule has 0 spiro atoms. The summed E-state index contributed by atoms with van der Waals surface area (Å²) in [5.74, 6) is 1.37. The van der Waals surface area contributed by atoms with Gasteiger partial charge in [0.05, 0.1) is 0 Å². The summed E-state index contributed by atoms with van der Waals surface area (Å²) in [5.41, 5.74) is 0. The van der Waals surface area contributed by atoms with Gasteiger partial charge in [-0.3, -0.25) is 0 Å². The van der Waals surface area contributed by atoms with Gasteiger partial charge in [-0.15, -0.1) is 0 Å². The molecule has 10 heavy (non-hydrogen) atoms. The second-order valence-corrected chi connectivity index (χ2v) is 4.58. The summed E-state index contributed by atoms with van der Waals surface area (Å²) in [6, 6.07) is 0. The molecule has 1 nitrogen and oxygen atoms in total. The van der Waals surface area contributed by atoms with Gasteiger partial charge in [-0.25, -0.2) is 0 Å². The monoisotopic (exact) mass is 159 g/mol. The first-order valence-corrected chi connectivity index (χ1v) is 5.10. The Morgan fingerprint density at radius 2 is 2.40 bits per heavy atom. The number of thioether (sulfide) groups is 1. The van der Waals surface area contributed by atoms with Crippen LogP contribution < -0.4 is 5.32 Å². The lowest BCUT2D eigenvalue weighted by atomic mass is 10.0. The van der Waals surface area contributed by atoms with Gasteiger partial charge in [-0.05, 0) is 32.1 Å². The zero-order chi connectivity index (χ0) is 7.45. The molecule has 1 fully saturated rings. The molecule has 0 aromatic rings. The molecule has 2 heteroatoms. The van der Waals surface area contributed by atoms with Crippen LogP contribution in [0.2, 0.25) is 0 Å². The third-order valence-electron chi connectivity index (χ3n) is 2.33. The maximum absolute atomic E-state index is 3.28. The van der Waals surface area contributed by atoms with Crippen LogP contribution in [-0.4, -0.2) is 24.1 Å². The zero-order valence-electron chi connectivity index (χ0n) is 6.94. The van der Waals surface area contributed by atoms with Crippen LogP contribution in [0.15, 0.2) is 0 Å². The predicted molar refractivity (Wildman–Crippen MR) is 48.6 cm³/mol. The van der Waals surface area contributed by atoms with E-state index in [1.807, 2.05) is 0 Å². The molecule has 0 bridgehead atoms. The third-order valence-corrected chi connectivity index (χ3v) is 4.07. The van der Waals surface area contributed by atoms with Crippen molar-refractivity contribution in [2.45, 2.75) is 30.9 Å². The molecular formula is C8H17NS. The Bertz CT molecular complexity index is 97.4. The summed E-state index contributed by atoms with van der Waals surface area (Å²) in [4.78, 5) is 0. The van der Waals surface area contributed by atoms with Gasteiger partial charge in [0, 0.05) is 11.3 Å². The smallest absolute Gasteiger partial charge is 0.0282 e. The van der Waals surface area contributed by atoms with Crippen molar-refractivity contribution >= 4 is 11.8 Å². The fourth-order valence-corrected chi connectivity index (χ4v) is 3.08. The average Bonchev–Trinajstić information content (AvgIpc) is 2.39. The third kappa shape index (κ3) is 1.67. The fraction of sp³-hybridized carbons (Fsp3) is 1.00. The molecule has 0 amide bonds. The largest absolute Gasteiger partial charge is 0.318 e. The van der Waals surface area contributed by atoms with E-state index in [1.165, 1.54) is 31.6 Å². The number of rotatable bonds is 3. The van der Waals surface area contributed by atoms with Crippen LogP contribution in [0.25, 0.3) is 0 Å². The van der Waals surface area contributed by atoms with Crippen molar-refractivity contribution in [2.75, 3.05) is 19.3 Å². The van der Waals surface area contributed by atoms with E-state index in [9.17, 15) is 0 Å². The summed E-state index contributed by atoms with van der Waals surface area (Å²) >= 11 is 2.15. The maximum Gasteiger partial charge on any atom is 0.0282 e. The van der Waals surface area contributed by atoms with Gasteiger partial charge in [0.2, 0.25) is 0 Å². The minimum atomic E-state index is 0.592. The highest BCUT2D eigenvalue weighted by Gasteiger charge is 2.31. The van der Waals surface area contributed by atoms with Gasteiger partial charge in [-0.2, -0.15) is 11.8 Å². The number of hydrogen-bond donors (Lipinski definition) is 1. The van der Waals surface area contributed by atoms with E-state index in [2.05, 4.69) is 31.1 Å². The van der Waals surface area contributed by atoms with Crippen molar-refractivity contribution in [3.63, 3.8) is 0 Å². The Hall–Kier alpha value is 0.310. The van der Waals surface area contributed by atoms with Crippen LogP contribution in [0.4, 0.5) is 0 Å². The van der Waals surface area contributed by atoms with Gasteiger partial charge in [0.1, 0.15) is 0 Å². The predicted octanol–water partition coefficient (Wildman–Crippen LogP) is 1.88. The first kappa shape index (κ1) is 8.41. The van der Waals surface area contributed by atoms with E-state index in [0.717, 1.165) is 0 Å². The highest BCUT2D eigenvalue weighted by atomic mass is 32.2. The molecule has 60 valence electrons. The van der Waals surface area contributed by atoms with Crippen molar-refractivity contribution in [1.29, 1.82) is 0 Å². The minimum Gasteiger partial charge on any atom is -0.318 e. The van der Waals surface area contributed by atoms with Crippen LogP contribution in [0, 0.1) is 0 Å². The second-order valence-electron chi connectivity index (χ2n) is 3.02. The van der Waals surface area contributed by atoms with Gasteiger partial charge >= 0.3 is 0 Å². The summed E-state index contributed by atoms with van der Waals surface area (Å²) in [7, 11) is 2.05. The van der Waals surface area contributed by atoms with Crippen molar-refractivity contribution in [3.8, 4) is 0 Å². The standard InChI is InChI=1S/C8H17NS/c1-3-8(7-9-2)5-4-6-10-8/h9H,3-7H2,1-2H3. The highest BCUT2D eigenvalue weighted by molar-refractivity contribution is 8.00. The summed E-state index contributed by atoms with van der Waals surface area (Å²) in [6.45, 7) is 3.49. The van der Waals surface area contributed by atoms with E-state index >= 15 is 0 Å². The van der Waals surface area contributed by atoms with E-state index in [1.54, 1.807) is 0 Å². The van der Waals surface area contributed by atoms with Crippen molar-refractivity contribution in [1.82, 2.24) is 5.32 Å². The van der Waals surface area contributed by atoms with E-state index in [-0.39, 0.29) is 0 Å². The van der Waals surface area contributed by atoms with Crippen LogP contribution in [0.3, 0.4) is 0 Å². The van der Waals surface area contributed by atoms with Crippen LogP contribution >= 0.6 is 11.8 Å². The molecule has 0 aliphatic carbocycles. The fourth-order valence-electron chi connectivity index (χ4n) is 1.62. The van der Waals surface area contributed by atoms with E-state index in [0.29, 0.717) is 4.75 Å². The Morgan fingerprint density at radius 1 is 1.60 bits per heavy atom. The average molecular weight is 159 g/mol. The number of nitrogens with one attached hydrogen (secondary N) is 1. The lowest BCUT2D eigenvalue weighted by molar-refractivity contribution is 0.514. The molecule has 1 heterocycles. The molecule has 0 saturated carbocycles. The van der Waals surface area contributed by atoms with Gasteiger partial charge < -0.3 is 5.32 Å². The van der Waals surface area contributed by atoms with E-state index < -0.39 is 0 Å². The first-order valence-electron chi connectivity index (χ1n) is 4.11. The number of hydrogen-bond acceptors (Lipinski definition) is 2. The normalized spacial score (nSPS) is 33.0. The summed E-state index contributed by atoms with van der Waals surface area (Å²) < 4.78 is 0.592. The first-order chi connectivity index (χ1) is 4.83. The van der Waals surface area contributed by atoms with Gasteiger partial charge in [-0.1, -0.05) is 6.92 Å². The molecular weight excluding hydrogens is 142 g/mol. The molecule has 1 aliphatic rings.